The fourth-order valence-corrected chi connectivity index (χ4v) is 5.08. The Morgan fingerprint density at radius 3 is 2.53 bits per heavy atom. The van der Waals surface area contributed by atoms with Crippen LogP contribution in [-0.4, -0.2) is 37.8 Å². The minimum absolute atomic E-state index is 0. The van der Waals surface area contributed by atoms with Crippen LogP contribution in [0.5, 0.6) is 5.88 Å². The van der Waals surface area contributed by atoms with Crippen molar-refractivity contribution in [3.05, 3.63) is 59.0 Å². The molecule has 168 valence electrons. The molecule has 0 radical (unpaired) electrons. The lowest BCUT2D eigenvalue weighted by atomic mass is 9.89. The van der Waals surface area contributed by atoms with E-state index in [4.69, 9.17) is 21.4 Å². The zero-order valence-corrected chi connectivity index (χ0v) is 19.7. The van der Waals surface area contributed by atoms with Crippen molar-refractivity contribution in [2.24, 2.45) is 0 Å². The summed E-state index contributed by atoms with van der Waals surface area (Å²) in [5, 5.41) is 5.46. The van der Waals surface area contributed by atoms with Crippen LogP contribution in [0.2, 0.25) is 5.02 Å². The van der Waals surface area contributed by atoms with Gasteiger partial charge in [0.15, 0.2) is 0 Å². The molecular formula is C24H26Cl2N4O2. The molecule has 1 fully saturated rings. The van der Waals surface area contributed by atoms with Crippen LogP contribution in [0.1, 0.15) is 44.4 Å². The van der Waals surface area contributed by atoms with E-state index in [1.54, 1.807) is 12.4 Å². The molecule has 3 heterocycles. The molecule has 1 saturated heterocycles. The van der Waals surface area contributed by atoms with Gasteiger partial charge in [-0.2, -0.15) is 0 Å². The van der Waals surface area contributed by atoms with Crippen LogP contribution in [0.3, 0.4) is 0 Å². The van der Waals surface area contributed by atoms with Gasteiger partial charge in [-0.25, -0.2) is 9.48 Å². The van der Waals surface area contributed by atoms with Gasteiger partial charge < -0.3 is 9.64 Å². The Morgan fingerprint density at radius 2 is 1.81 bits per heavy atom. The molecule has 1 aliphatic heterocycles. The van der Waals surface area contributed by atoms with Gasteiger partial charge in [0.1, 0.15) is 0 Å². The first-order chi connectivity index (χ1) is 15.0. The molecule has 1 amide bonds. The quantitative estimate of drug-likeness (QED) is 0.467. The lowest BCUT2D eigenvalue weighted by Gasteiger charge is -2.37. The van der Waals surface area contributed by atoms with Gasteiger partial charge in [0, 0.05) is 29.5 Å². The van der Waals surface area contributed by atoms with E-state index in [2.05, 4.69) is 18.8 Å². The molecule has 6 nitrogen and oxygen atoms in total. The lowest BCUT2D eigenvalue weighted by Crippen LogP contribution is -2.48. The lowest BCUT2D eigenvalue weighted by molar-refractivity contribution is 0.0883. The van der Waals surface area contributed by atoms with Gasteiger partial charge in [0.05, 0.1) is 16.9 Å². The molecule has 2 aliphatic rings. The maximum atomic E-state index is 13.2. The Kier molecular flexibility index (Phi) is 6.45. The Hall–Kier alpha value is -2.57. The predicted molar refractivity (Wildman–Crippen MR) is 127 cm³/mol. The highest BCUT2D eigenvalue weighted by atomic mass is 35.5. The van der Waals surface area contributed by atoms with Crippen LogP contribution in [0.4, 0.5) is 4.79 Å². The molecule has 2 aromatic heterocycles. The van der Waals surface area contributed by atoms with Gasteiger partial charge in [-0.05, 0) is 81.3 Å². The summed E-state index contributed by atoms with van der Waals surface area (Å²) in [4.78, 5) is 19.2. The van der Waals surface area contributed by atoms with Gasteiger partial charge in [0.25, 0.3) is 5.88 Å². The third-order valence-electron chi connectivity index (χ3n) is 6.41. The number of benzene rings is 1. The van der Waals surface area contributed by atoms with Crippen LogP contribution in [0.15, 0.2) is 42.7 Å². The fourth-order valence-electron chi connectivity index (χ4n) is 4.88. The van der Waals surface area contributed by atoms with Gasteiger partial charge >= 0.3 is 6.09 Å². The number of hydrogen-bond donors (Lipinski definition) is 0. The topological polar surface area (TPSA) is 60.3 Å². The number of ether oxygens (including phenoxy) is 1. The molecule has 3 aromatic rings. The molecule has 32 heavy (non-hydrogen) atoms. The maximum Gasteiger partial charge on any atom is 0.417 e. The van der Waals surface area contributed by atoms with E-state index in [-0.39, 0.29) is 30.6 Å². The number of hydrogen-bond acceptors (Lipinski definition) is 4. The summed E-state index contributed by atoms with van der Waals surface area (Å²) in [5.41, 5.74) is 4.97. The molecule has 2 atom stereocenters. The Labute approximate surface area is 199 Å². The Balaban J connectivity index is 0.00000245. The van der Waals surface area contributed by atoms with E-state index in [0.717, 1.165) is 60.2 Å². The number of aryl methyl sites for hydroxylation is 1. The number of nitrogens with zero attached hydrogens (tertiary/aromatic N) is 4. The third-order valence-corrected chi connectivity index (χ3v) is 6.65. The highest BCUT2D eigenvalue weighted by Crippen LogP contribution is 2.42. The Bertz CT molecular complexity index is 1120. The average molecular weight is 473 g/mol. The van der Waals surface area contributed by atoms with E-state index < -0.39 is 0 Å². The van der Waals surface area contributed by atoms with Crippen molar-refractivity contribution in [2.75, 3.05) is 0 Å². The number of likely N-dealkylation sites (tertiary alicyclic amines) is 1. The summed E-state index contributed by atoms with van der Waals surface area (Å²) in [6, 6.07) is 9.98. The van der Waals surface area contributed by atoms with Crippen LogP contribution in [0.25, 0.3) is 16.8 Å². The van der Waals surface area contributed by atoms with Crippen molar-refractivity contribution in [2.45, 2.75) is 58.0 Å². The number of carbonyl (C=O) groups is 1. The summed E-state index contributed by atoms with van der Waals surface area (Å²) < 4.78 is 7.86. The first-order valence-corrected chi connectivity index (χ1v) is 11.2. The number of carbonyl (C=O) groups excluding carboxylic acids is 1. The normalized spacial score (nSPS) is 19.5. The van der Waals surface area contributed by atoms with Crippen LogP contribution < -0.4 is 4.74 Å². The highest BCUT2D eigenvalue weighted by Gasteiger charge is 2.33. The van der Waals surface area contributed by atoms with Crippen molar-refractivity contribution >= 4 is 30.1 Å². The standard InChI is InChI=1S/C24H25ClN4O2.ClH/c1-15-4-3-5-16(2)28(15)24(30)31-23-22-20-8-7-18(25)14-17(20)6-9-21(22)29(27-23)19-10-12-26-13-11-19;/h7-8,10-16H,3-6,9H2,1-2H3;1H/t15-,16+;. The molecule has 8 heteroatoms. The fraction of sp³-hybridized carbons (Fsp3) is 0.375. The molecule has 1 aliphatic carbocycles. The number of piperidine rings is 1. The van der Waals surface area contributed by atoms with Crippen molar-refractivity contribution in [1.82, 2.24) is 19.7 Å². The molecule has 0 bridgehead atoms. The second-order valence-corrected chi connectivity index (χ2v) is 8.89. The SMILES string of the molecule is C[C@@H]1CCC[C@H](C)N1C(=O)Oc1nn(-c2ccncc2)c2c1-c1ccc(Cl)cc1CC2.Cl. The maximum absolute atomic E-state index is 13.2. The first kappa shape index (κ1) is 22.6. The first-order valence-electron chi connectivity index (χ1n) is 10.8. The highest BCUT2D eigenvalue weighted by molar-refractivity contribution is 6.30. The van der Waals surface area contributed by atoms with Gasteiger partial charge in [0.2, 0.25) is 0 Å². The van der Waals surface area contributed by atoms with Crippen LogP contribution in [-0.2, 0) is 12.8 Å². The number of pyridine rings is 1. The largest absolute Gasteiger partial charge is 0.417 e. The molecule has 5 rings (SSSR count). The van der Waals surface area contributed by atoms with E-state index in [9.17, 15) is 4.79 Å². The van der Waals surface area contributed by atoms with E-state index >= 15 is 0 Å². The summed E-state index contributed by atoms with van der Waals surface area (Å²) in [7, 11) is 0. The average Bonchev–Trinajstić information content (AvgIpc) is 3.12. The number of rotatable bonds is 2. The van der Waals surface area contributed by atoms with Crippen molar-refractivity contribution < 1.29 is 9.53 Å². The van der Waals surface area contributed by atoms with E-state index in [1.807, 2.05) is 39.9 Å². The summed E-state index contributed by atoms with van der Waals surface area (Å²) in [6.45, 7) is 4.17. The summed E-state index contributed by atoms with van der Waals surface area (Å²) in [6.07, 6.45) is 7.90. The van der Waals surface area contributed by atoms with E-state index in [1.165, 1.54) is 0 Å². The summed E-state index contributed by atoms with van der Waals surface area (Å²) in [5.74, 6) is 0.352. The molecular weight excluding hydrogens is 447 g/mol. The van der Waals surface area contributed by atoms with Crippen molar-refractivity contribution in [3.63, 3.8) is 0 Å². The molecule has 0 spiro atoms. The van der Waals surface area contributed by atoms with Crippen molar-refractivity contribution in [1.29, 1.82) is 0 Å². The molecule has 1 aromatic carbocycles. The molecule has 0 unspecified atom stereocenters. The number of fused-ring (bicyclic) bond motifs is 3. The van der Waals surface area contributed by atoms with Gasteiger partial charge in [-0.15, -0.1) is 17.5 Å². The second-order valence-electron chi connectivity index (χ2n) is 8.45. The van der Waals surface area contributed by atoms with Gasteiger partial charge in [-0.3, -0.25) is 4.98 Å². The smallest absolute Gasteiger partial charge is 0.389 e. The number of aromatic nitrogens is 3. The van der Waals surface area contributed by atoms with E-state index in [0.29, 0.717) is 10.9 Å². The van der Waals surface area contributed by atoms with Gasteiger partial charge in [-0.1, -0.05) is 17.7 Å². The Morgan fingerprint density at radius 1 is 1.09 bits per heavy atom. The molecule has 0 N–H and O–H groups in total. The minimum Gasteiger partial charge on any atom is -0.389 e. The number of amides is 1. The zero-order valence-electron chi connectivity index (χ0n) is 18.1. The minimum atomic E-state index is -0.331. The monoisotopic (exact) mass is 472 g/mol. The zero-order chi connectivity index (χ0) is 21.5. The predicted octanol–water partition coefficient (Wildman–Crippen LogP) is 5.87. The van der Waals surface area contributed by atoms with Crippen LogP contribution in [0, 0.1) is 0 Å². The third kappa shape index (κ3) is 3.97. The van der Waals surface area contributed by atoms with Crippen LogP contribution >= 0.6 is 24.0 Å². The summed E-state index contributed by atoms with van der Waals surface area (Å²) >= 11 is 6.24. The van der Waals surface area contributed by atoms with Crippen molar-refractivity contribution in [3.8, 4) is 22.7 Å². The molecule has 0 saturated carbocycles. The second kappa shape index (κ2) is 9.12. The number of halogens is 2.